The topological polar surface area (TPSA) is 34.1 Å². The molecule has 0 radical (unpaired) electrons. The number of pyridine rings is 1. The molecular formula is C12H18N2O. The molecule has 3 heteroatoms. The van der Waals surface area contributed by atoms with Gasteiger partial charge in [0.2, 0.25) is 5.88 Å². The lowest BCUT2D eigenvalue weighted by atomic mass is 10.2. The second kappa shape index (κ2) is 6.19. The van der Waals surface area contributed by atoms with Gasteiger partial charge in [-0.15, -0.1) is 6.58 Å². The van der Waals surface area contributed by atoms with Crippen LogP contribution in [0.15, 0.2) is 31.0 Å². The molecule has 0 fully saturated rings. The molecule has 0 amide bonds. The second-order valence-corrected chi connectivity index (χ2v) is 3.52. The molecule has 0 aliphatic heterocycles. The van der Waals surface area contributed by atoms with Gasteiger partial charge in [-0.05, 0) is 18.9 Å². The zero-order valence-electron chi connectivity index (χ0n) is 9.36. The van der Waals surface area contributed by atoms with Crippen molar-refractivity contribution in [2.45, 2.75) is 25.9 Å². The van der Waals surface area contributed by atoms with Crippen LogP contribution in [0.25, 0.3) is 0 Å². The van der Waals surface area contributed by atoms with Gasteiger partial charge in [-0.25, -0.2) is 4.98 Å². The molecule has 1 aromatic heterocycles. The maximum absolute atomic E-state index is 4.99. The first-order valence-corrected chi connectivity index (χ1v) is 5.09. The van der Waals surface area contributed by atoms with Gasteiger partial charge in [0, 0.05) is 24.8 Å². The second-order valence-electron chi connectivity index (χ2n) is 3.52. The van der Waals surface area contributed by atoms with Crippen LogP contribution in [0.1, 0.15) is 18.9 Å². The number of hydrogen-bond donors (Lipinski definition) is 1. The van der Waals surface area contributed by atoms with E-state index in [0.29, 0.717) is 11.9 Å². The summed E-state index contributed by atoms with van der Waals surface area (Å²) in [6.07, 6.45) is 4.72. The Balaban J connectivity index is 2.40. The number of aromatic nitrogens is 1. The zero-order chi connectivity index (χ0) is 11.1. The van der Waals surface area contributed by atoms with Crippen molar-refractivity contribution in [3.05, 3.63) is 36.5 Å². The molecule has 3 nitrogen and oxygen atoms in total. The Morgan fingerprint density at radius 2 is 2.40 bits per heavy atom. The van der Waals surface area contributed by atoms with E-state index >= 15 is 0 Å². The number of nitrogens with zero attached hydrogens (tertiary/aromatic N) is 1. The van der Waals surface area contributed by atoms with E-state index in [-0.39, 0.29) is 0 Å². The van der Waals surface area contributed by atoms with Crippen LogP contribution in [0.2, 0.25) is 0 Å². The molecule has 0 aliphatic carbocycles. The Labute approximate surface area is 91.2 Å². The molecule has 0 saturated heterocycles. The largest absolute Gasteiger partial charge is 0.481 e. The molecular weight excluding hydrogens is 188 g/mol. The summed E-state index contributed by atoms with van der Waals surface area (Å²) in [4.78, 5) is 4.14. The minimum absolute atomic E-state index is 0.449. The number of methoxy groups -OCH3 is 1. The number of nitrogens with one attached hydrogen (secondary N) is 1. The average molecular weight is 206 g/mol. The normalized spacial score (nSPS) is 12.1. The predicted molar refractivity (Wildman–Crippen MR) is 61.9 cm³/mol. The van der Waals surface area contributed by atoms with Gasteiger partial charge in [0.05, 0.1) is 7.11 Å². The Kier molecular flexibility index (Phi) is 4.84. The van der Waals surface area contributed by atoms with Crippen molar-refractivity contribution in [3.63, 3.8) is 0 Å². The van der Waals surface area contributed by atoms with Crippen molar-refractivity contribution in [1.29, 1.82) is 0 Å². The molecule has 1 atom stereocenters. The van der Waals surface area contributed by atoms with Gasteiger partial charge in [-0.2, -0.15) is 0 Å². The van der Waals surface area contributed by atoms with Crippen LogP contribution in [0.5, 0.6) is 5.88 Å². The highest BCUT2D eigenvalue weighted by molar-refractivity contribution is 5.17. The summed E-state index contributed by atoms with van der Waals surface area (Å²) in [6, 6.07) is 4.33. The van der Waals surface area contributed by atoms with Crippen LogP contribution in [0.3, 0.4) is 0 Å². The molecule has 0 aromatic carbocycles. The fourth-order valence-corrected chi connectivity index (χ4v) is 1.26. The minimum Gasteiger partial charge on any atom is -0.481 e. The van der Waals surface area contributed by atoms with E-state index < -0.39 is 0 Å². The smallest absolute Gasteiger partial charge is 0.212 e. The number of hydrogen-bond acceptors (Lipinski definition) is 3. The highest BCUT2D eigenvalue weighted by atomic mass is 16.5. The molecule has 0 spiro atoms. The summed E-state index contributed by atoms with van der Waals surface area (Å²) in [5.41, 5.74) is 1.16. The molecule has 82 valence electrons. The first-order chi connectivity index (χ1) is 7.26. The SMILES string of the molecule is C=CCC(C)NCc1ccc(OC)nc1. The van der Waals surface area contributed by atoms with E-state index in [1.54, 1.807) is 7.11 Å². The van der Waals surface area contributed by atoms with E-state index in [4.69, 9.17) is 4.74 Å². The van der Waals surface area contributed by atoms with E-state index in [2.05, 4.69) is 23.8 Å². The van der Waals surface area contributed by atoms with Crippen LogP contribution < -0.4 is 10.1 Å². The summed E-state index contributed by atoms with van der Waals surface area (Å²) >= 11 is 0. The van der Waals surface area contributed by atoms with E-state index in [1.165, 1.54) is 0 Å². The van der Waals surface area contributed by atoms with Crippen molar-refractivity contribution in [2.24, 2.45) is 0 Å². The summed E-state index contributed by atoms with van der Waals surface area (Å²) in [7, 11) is 1.62. The molecule has 0 saturated carbocycles. The van der Waals surface area contributed by atoms with E-state index in [9.17, 15) is 0 Å². The lowest BCUT2D eigenvalue weighted by Gasteiger charge is -2.11. The average Bonchev–Trinajstić information content (AvgIpc) is 2.27. The van der Waals surface area contributed by atoms with Gasteiger partial charge in [0.1, 0.15) is 0 Å². The van der Waals surface area contributed by atoms with Crippen LogP contribution >= 0.6 is 0 Å². The maximum atomic E-state index is 4.99. The Hall–Kier alpha value is -1.35. The molecule has 1 rings (SSSR count). The molecule has 1 aromatic rings. The molecule has 0 aliphatic rings. The van der Waals surface area contributed by atoms with Crippen LogP contribution in [0.4, 0.5) is 0 Å². The highest BCUT2D eigenvalue weighted by Crippen LogP contribution is 2.06. The molecule has 1 N–H and O–H groups in total. The summed E-state index contributed by atoms with van der Waals surface area (Å²) in [5.74, 6) is 0.651. The first kappa shape index (κ1) is 11.7. The third kappa shape index (κ3) is 4.13. The summed E-state index contributed by atoms with van der Waals surface area (Å²) in [6.45, 7) is 6.67. The Morgan fingerprint density at radius 3 is 2.93 bits per heavy atom. The molecule has 15 heavy (non-hydrogen) atoms. The molecule has 1 heterocycles. The fraction of sp³-hybridized carbons (Fsp3) is 0.417. The monoisotopic (exact) mass is 206 g/mol. The maximum Gasteiger partial charge on any atom is 0.212 e. The van der Waals surface area contributed by atoms with Gasteiger partial charge in [-0.3, -0.25) is 0 Å². The zero-order valence-corrected chi connectivity index (χ0v) is 9.36. The summed E-state index contributed by atoms with van der Waals surface area (Å²) < 4.78 is 4.99. The number of ether oxygens (including phenoxy) is 1. The van der Waals surface area contributed by atoms with Gasteiger partial charge < -0.3 is 10.1 Å². The Bertz CT molecular complexity index is 295. The van der Waals surface area contributed by atoms with Gasteiger partial charge in [0.15, 0.2) is 0 Å². The highest BCUT2D eigenvalue weighted by Gasteiger charge is 1.99. The summed E-state index contributed by atoms with van der Waals surface area (Å²) in [5, 5.41) is 3.39. The lowest BCUT2D eigenvalue weighted by molar-refractivity contribution is 0.397. The third-order valence-electron chi connectivity index (χ3n) is 2.18. The van der Waals surface area contributed by atoms with Gasteiger partial charge in [-0.1, -0.05) is 12.1 Å². The quantitative estimate of drug-likeness (QED) is 0.724. The van der Waals surface area contributed by atoms with Gasteiger partial charge in [0.25, 0.3) is 0 Å². The Morgan fingerprint density at radius 1 is 1.60 bits per heavy atom. The van der Waals surface area contributed by atoms with Crippen molar-refractivity contribution in [1.82, 2.24) is 10.3 Å². The van der Waals surface area contributed by atoms with Crippen molar-refractivity contribution in [2.75, 3.05) is 7.11 Å². The number of rotatable bonds is 6. The van der Waals surface area contributed by atoms with Gasteiger partial charge >= 0.3 is 0 Å². The van der Waals surface area contributed by atoms with Crippen molar-refractivity contribution < 1.29 is 4.74 Å². The lowest BCUT2D eigenvalue weighted by Crippen LogP contribution is -2.24. The van der Waals surface area contributed by atoms with Crippen LogP contribution in [-0.2, 0) is 6.54 Å². The first-order valence-electron chi connectivity index (χ1n) is 5.09. The standard InChI is InChI=1S/C12H18N2O/c1-4-5-10(2)13-8-11-6-7-12(15-3)14-9-11/h4,6-7,9-10,13H,1,5,8H2,2-3H3. The molecule has 0 bridgehead atoms. The van der Waals surface area contributed by atoms with Crippen molar-refractivity contribution >= 4 is 0 Å². The van der Waals surface area contributed by atoms with E-state index in [0.717, 1.165) is 18.5 Å². The van der Waals surface area contributed by atoms with Crippen LogP contribution in [0, 0.1) is 0 Å². The molecule has 1 unspecified atom stereocenters. The predicted octanol–water partition coefficient (Wildman–Crippen LogP) is 2.14. The van der Waals surface area contributed by atoms with Crippen molar-refractivity contribution in [3.8, 4) is 5.88 Å². The minimum atomic E-state index is 0.449. The third-order valence-corrected chi connectivity index (χ3v) is 2.18. The van der Waals surface area contributed by atoms with Crippen LogP contribution in [-0.4, -0.2) is 18.1 Å². The fourth-order valence-electron chi connectivity index (χ4n) is 1.26. The van der Waals surface area contributed by atoms with E-state index in [1.807, 2.05) is 24.4 Å².